The van der Waals surface area contributed by atoms with E-state index in [4.69, 9.17) is 4.74 Å². The number of benzene rings is 2. The minimum Gasteiger partial charge on any atom is -0.497 e. The van der Waals surface area contributed by atoms with E-state index >= 15 is 0 Å². The lowest BCUT2D eigenvalue weighted by Gasteiger charge is -2.05. The minimum atomic E-state index is 0.0142. The van der Waals surface area contributed by atoms with Crippen molar-refractivity contribution in [3.63, 3.8) is 0 Å². The summed E-state index contributed by atoms with van der Waals surface area (Å²) >= 11 is 0. The molecular weight excluding hydrogens is 226 g/mol. The number of methoxy groups -OCH3 is 1. The Morgan fingerprint density at radius 3 is 2.50 bits per heavy atom. The van der Waals surface area contributed by atoms with Crippen molar-refractivity contribution in [3.05, 3.63) is 53.6 Å². The average Bonchev–Trinajstić information content (AvgIpc) is 2.80. The van der Waals surface area contributed by atoms with Gasteiger partial charge in [-0.15, -0.1) is 0 Å². The van der Waals surface area contributed by atoms with Crippen molar-refractivity contribution in [3.8, 4) is 16.9 Å². The van der Waals surface area contributed by atoms with Crippen molar-refractivity contribution in [2.75, 3.05) is 7.11 Å². The topological polar surface area (TPSA) is 38.3 Å². The zero-order valence-corrected chi connectivity index (χ0v) is 10.1. The molecule has 2 aromatic rings. The van der Waals surface area contributed by atoms with E-state index in [2.05, 4.69) is 5.32 Å². The summed E-state index contributed by atoms with van der Waals surface area (Å²) in [5.74, 6) is 0.845. The van der Waals surface area contributed by atoms with Gasteiger partial charge in [0, 0.05) is 12.1 Å². The number of carbonyl (C=O) groups is 1. The molecule has 0 bridgehead atoms. The normalized spacial score (nSPS) is 13.1. The second kappa shape index (κ2) is 4.18. The first-order valence-electron chi connectivity index (χ1n) is 5.83. The van der Waals surface area contributed by atoms with Crippen LogP contribution in [0.2, 0.25) is 0 Å². The number of ether oxygens (including phenoxy) is 1. The van der Waals surface area contributed by atoms with E-state index in [9.17, 15) is 4.79 Å². The first kappa shape index (κ1) is 10.8. The molecule has 0 fully saturated rings. The zero-order valence-electron chi connectivity index (χ0n) is 10.1. The van der Waals surface area contributed by atoms with E-state index in [1.54, 1.807) is 7.11 Å². The Kier molecular flexibility index (Phi) is 2.52. The third-order valence-corrected chi connectivity index (χ3v) is 3.22. The lowest BCUT2D eigenvalue weighted by atomic mass is 10.0. The maximum absolute atomic E-state index is 11.6. The van der Waals surface area contributed by atoms with E-state index in [0.29, 0.717) is 6.54 Å². The van der Waals surface area contributed by atoms with Crippen molar-refractivity contribution in [2.24, 2.45) is 0 Å². The highest BCUT2D eigenvalue weighted by molar-refractivity contribution is 5.99. The van der Waals surface area contributed by atoms with Crippen molar-refractivity contribution in [1.29, 1.82) is 0 Å². The van der Waals surface area contributed by atoms with Crippen LogP contribution >= 0.6 is 0 Å². The lowest BCUT2D eigenvalue weighted by Crippen LogP contribution is -2.12. The van der Waals surface area contributed by atoms with Gasteiger partial charge in [0.25, 0.3) is 5.91 Å². The fourth-order valence-electron chi connectivity index (χ4n) is 2.18. The molecule has 1 heterocycles. The van der Waals surface area contributed by atoms with Crippen LogP contribution in [0.15, 0.2) is 42.5 Å². The number of amides is 1. The first-order valence-corrected chi connectivity index (χ1v) is 5.83. The van der Waals surface area contributed by atoms with Gasteiger partial charge < -0.3 is 10.1 Å². The molecule has 0 aliphatic carbocycles. The van der Waals surface area contributed by atoms with Gasteiger partial charge >= 0.3 is 0 Å². The summed E-state index contributed by atoms with van der Waals surface area (Å²) in [5.41, 5.74) is 3.98. The fraction of sp³-hybridized carbons (Fsp3) is 0.133. The highest BCUT2D eigenvalue weighted by Crippen LogP contribution is 2.26. The number of hydrogen-bond acceptors (Lipinski definition) is 2. The molecule has 0 atom stereocenters. The number of fused-ring (bicyclic) bond motifs is 1. The molecule has 0 unspecified atom stereocenters. The van der Waals surface area contributed by atoms with Crippen LogP contribution in [0, 0.1) is 0 Å². The Bertz CT molecular complexity index is 602. The maximum Gasteiger partial charge on any atom is 0.251 e. The number of nitrogens with one attached hydrogen (secondary N) is 1. The van der Waals surface area contributed by atoms with Gasteiger partial charge in [-0.25, -0.2) is 0 Å². The van der Waals surface area contributed by atoms with Gasteiger partial charge in [0.05, 0.1) is 7.11 Å². The molecule has 3 heteroatoms. The number of carbonyl (C=O) groups excluding carboxylic acids is 1. The monoisotopic (exact) mass is 239 g/mol. The quantitative estimate of drug-likeness (QED) is 0.874. The van der Waals surface area contributed by atoms with Crippen LogP contribution in [-0.4, -0.2) is 13.0 Å². The molecular formula is C15H13NO2. The summed E-state index contributed by atoms with van der Waals surface area (Å²) in [6.07, 6.45) is 0. The van der Waals surface area contributed by atoms with Gasteiger partial charge in [0.15, 0.2) is 0 Å². The molecule has 0 saturated heterocycles. The van der Waals surface area contributed by atoms with E-state index in [1.807, 2.05) is 42.5 Å². The van der Waals surface area contributed by atoms with E-state index in [1.165, 1.54) is 0 Å². The van der Waals surface area contributed by atoms with Crippen molar-refractivity contribution in [2.45, 2.75) is 6.54 Å². The van der Waals surface area contributed by atoms with Crippen LogP contribution in [0.5, 0.6) is 5.75 Å². The third kappa shape index (κ3) is 1.74. The van der Waals surface area contributed by atoms with Crippen molar-refractivity contribution < 1.29 is 9.53 Å². The summed E-state index contributed by atoms with van der Waals surface area (Å²) < 4.78 is 5.13. The number of rotatable bonds is 2. The van der Waals surface area contributed by atoms with Crippen molar-refractivity contribution in [1.82, 2.24) is 5.32 Å². The summed E-state index contributed by atoms with van der Waals surface area (Å²) in [6, 6.07) is 13.8. The largest absolute Gasteiger partial charge is 0.497 e. The van der Waals surface area contributed by atoms with Crippen LogP contribution in [0.25, 0.3) is 11.1 Å². The maximum atomic E-state index is 11.6. The molecule has 0 saturated carbocycles. The Balaban J connectivity index is 2.01. The van der Waals surface area contributed by atoms with Gasteiger partial charge in [0.1, 0.15) is 5.75 Å². The summed E-state index contributed by atoms with van der Waals surface area (Å²) in [4.78, 5) is 11.6. The van der Waals surface area contributed by atoms with Crippen LogP contribution in [0.3, 0.4) is 0 Å². The standard InChI is InChI=1S/C15H13NO2/c1-18-13-6-4-10(5-7-13)11-2-3-12-9-16-15(17)14(12)8-11/h2-8H,9H2,1H3,(H,16,17). The van der Waals surface area contributed by atoms with Gasteiger partial charge in [0.2, 0.25) is 0 Å². The molecule has 3 rings (SSSR count). The minimum absolute atomic E-state index is 0.0142. The van der Waals surface area contributed by atoms with E-state index in [0.717, 1.165) is 28.0 Å². The zero-order chi connectivity index (χ0) is 12.5. The second-order valence-electron chi connectivity index (χ2n) is 4.28. The molecule has 2 aromatic carbocycles. The van der Waals surface area contributed by atoms with Crippen molar-refractivity contribution >= 4 is 5.91 Å². The summed E-state index contributed by atoms with van der Waals surface area (Å²) in [5, 5.41) is 2.82. The first-order chi connectivity index (χ1) is 8.78. The Morgan fingerprint density at radius 2 is 1.78 bits per heavy atom. The van der Waals surface area contributed by atoms with Gasteiger partial charge in [-0.2, -0.15) is 0 Å². The van der Waals surface area contributed by atoms with Gasteiger partial charge in [-0.3, -0.25) is 4.79 Å². The van der Waals surface area contributed by atoms with E-state index in [-0.39, 0.29) is 5.91 Å². The molecule has 1 aliphatic heterocycles. The molecule has 1 N–H and O–H groups in total. The Morgan fingerprint density at radius 1 is 1.06 bits per heavy atom. The summed E-state index contributed by atoms with van der Waals surface area (Å²) in [7, 11) is 1.65. The molecule has 90 valence electrons. The van der Waals surface area contributed by atoms with Gasteiger partial charge in [-0.05, 0) is 34.9 Å². The molecule has 0 aromatic heterocycles. The Hall–Kier alpha value is -2.29. The third-order valence-electron chi connectivity index (χ3n) is 3.22. The second-order valence-corrected chi connectivity index (χ2v) is 4.28. The van der Waals surface area contributed by atoms with Crippen LogP contribution in [0.1, 0.15) is 15.9 Å². The average molecular weight is 239 g/mol. The molecule has 3 nitrogen and oxygen atoms in total. The predicted octanol–water partition coefficient (Wildman–Crippen LogP) is 2.61. The summed E-state index contributed by atoms with van der Waals surface area (Å²) in [6.45, 7) is 0.636. The molecule has 1 amide bonds. The molecule has 18 heavy (non-hydrogen) atoms. The SMILES string of the molecule is COc1ccc(-c2ccc3c(c2)C(=O)NC3)cc1. The lowest BCUT2D eigenvalue weighted by molar-refractivity contribution is 0.0966. The number of hydrogen-bond donors (Lipinski definition) is 1. The Labute approximate surface area is 105 Å². The highest BCUT2D eigenvalue weighted by atomic mass is 16.5. The van der Waals surface area contributed by atoms with E-state index < -0.39 is 0 Å². The van der Waals surface area contributed by atoms with Gasteiger partial charge in [-0.1, -0.05) is 24.3 Å². The molecule has 1 aliphatic rings. The van der Waals surface area contributed by atoms with Crippen LogP contribution < -0.4 is 10.1 Å². The smallest absolute Gasteiger partial charge is 0.251 e. The highest BCUT2D eigenvalue weighted by Gasteiger charge is 2.18. The van der Waals surface area contributed by atoms with Crippen LogP contribution in [-0.2, 0) is 6.54 Å². The fourth-order valence-corrected chi connectivity index (χ4v) is 2.18. The predicted molar refractivity (Wildman–Crippen MR) is 69.6 cm³/mol. The van der Waals surface area contributed by atoms with Crippen LogP contribution in [0.4, 0.5) is 0 Å². The molecule has 0 radical (unpaired) electrons. The molecule has 0 spiro atoms.